The summed E-state index contributed by atoms with van der Waals surface area (Å²) >= 11 is 1.61. The predicted octanol–water partition coefficient (Wildman–Crippen LogP) is 3.96. The summed E-state index contributed by atoms with van der Waals surface area (Å²) in [6, 6.07) is 6.70. The Bertz CT molecular complexity index is 602. The topological polar surface area (TPSA) is 26.3 Å². The van der Waals surface area contributed by atoms with Gasteiger partial charge in [-0.15, -0.1) is 11.3 Å². The third kappa shape index (κ3) is 2.16. The van der Waals surface area contributed by atoms with Gasteiger partial charge in [0.25, 0.3) is 0 Å². The van der Waals surface area contributed by atoms with Crippen molar-refractivity contribution in [2.24, 2.45) is 0 Å². The lowest BCUT2D eigenvalue weighted by molar-refractivity contribution is 0.0595. The molecule has 4 heteroatoms. The minimum atomic E-state index is -0.654. The number of methoxy groups -OCH3 is 1. The fourth-order valence-corrected chi connectivity index (χ4v) is 2.84. The number of carbonyl (C=O) groups is 1. The normalized spacial score (nSPS) is 10.4. The zero-order chi connectivity index (χ0) is 13.3. The summed E-state index contributed by atoms with van der Waals surface area (Å²) in [5.74, 6) is -1.18. The Balaban J connectivity index is 2.59. The number of aryl methyl sites for hydroxylation is 2. The number of thiophene rings is 1. The maximum Gasteiger partial charge on any atom is 0.340 e. The van der Waals surface area contributed by atoms with Crippen LogP contribution in [0.1, 0.15) is 20.1 Å². The molecule has 18 heavy (non-hydrogen) atoms. The number of carbonyl (C=O) groups excluding carboxylic acids is 1. The van der Waals surface area contributed by atoms with Gasteiger partial charge < -0.3 is 4.74 Å². The molecular weight excluding hydrogens is 251 g/mol. The van der Waals surface area contributed by atoms with Crippen LogP contribution in [0.15, 0.2) is 24.3 Å². The van der Waals surface area contributed by atoms with Gasteiger partial charge in [0.05, 0.1) is 12.7 Å². The first-order chi connectivity index (χ1) is 8.54. The van der Waals surface area contributed by atoms with E-state index in [4.69, 9.17) is 0 Å². The van der Waals surface area contributed by atoms with Crippen LogP contribution in [-0.4, -0.2) is 13.1 Å². The number of rotatable bonds is 2. The van der Waals surface area contributed by atoms with Crippen molar-refractivity contribution in [2.45, 2.75) is 13.8 Å². The Morgan fingerprint density at radius 2 is 2.00 bits per heavy atom. The number of ether oxygens (including phenoxy) is 1. The van der Waals surface area contributed by atoms with Crippen molar-refractivity contribution in [1.82, 2.24) is 0 Å². The quantitative estimate of drug-likeness (QED) is 0.767. The second kappa shape index (κ2) is 4.90. The van der Waals surface area contributed by atoms with Crippen LogP contribution < -0.4 is 0 Å². The summed E-state index contributed by atoms with van der Waals surface area (Å²) in [6.07, 6.45) is 0. The number of esters is 1. The molecule has 0 radical (unpaired) electrons. The molecule has 0 unspecified atom stereocenters. The molecule has 0 atom stereocenters. The van der Waals surface area contributed by atoms with Gasteiger partial charge >= 0.3 is 5.97 Å². The highest BCUT2D eigenvalue weighted by Gasteiger charge is 2.18. The molecule has 1 heterocycles. The van der Waals surface area contributed by atoms with Crippen molar-refractivity contribution >= 4 is 17.3 Å². The van der Waals surface area contributed by atoms with E-state index >= 15 is 0 Å². The van der Waals surface area contributed by atoms with E-state index in [1.54, 1.807) is 23.5 Å². The van der Waals surface area contributed by atoms with E-state index in [2.05, 4.69) is 4.74 Å². The van der Waals surface area contributed by atoms with Gasteiger partial charge in [-0.05, 0) is 31.5 Å². The summed E-state index contributed by atoms with van der Waals surface area (Å²) in [4.78, 5) is 13.6. The Morgan fingerprint density at radius 3 is 2.56 bits per heavy atom. The second-order valence-electron chi connectivity index (χ2n) is 3.99. The summed E-state index contributed by atoms with van der Waals surface area (Å²) in [5.41, 5.74) is 1.25. The SMILES string of the molecule is COC(=O)c1cccc(-c2cc(C)sc2C)c1F. The second-order valence-corrected chi connectivity index (χ2v) is 5.45. The molecule has 2 aromatic rings. The van der Waals surface area contributed by atoms with Gasteiger partial charge in [-0.1, -0.05) is 12.1 Å². The van der Waals surface area contributed by atoms with Crippen LogP contribution in [-0.2, 0) is 4.74 Å². The number of hydrogen-bond acceptors (Lipinski definition) is 3. The Labute approximate surface area is 109 Å². The minimum Gasteiger partial charge on any atom is -0.465 e. The van der Waals surface area contributed by atoms with Gasteiger partial charge in [-0.2, -0.15) is 0 Å². The zero-order valence-corrected chi connectivity index (χ0v) is 11.2. The fraction of sp³-hybridized carbons (Fsp3) is 0.214. The average molecular weight is 264 g/mol. The molecule has 2 rings (SSSR count). The average Bonchev–Trinajstić information content (AvgIpc) is 2.68. The Morgan fingerprint density at radius 1 is 1.28 bits per heavy atom. The summed E-state index contributed by atoms with van der Waals surface area (Å²) < 4.78 is 18.9. The van der Waals surface area contributed by atoms with Gasteiger partial charge in [0, 0.05) is 15.3 Å². The summed E-state index contributed by atoms with van der Waals surface area (Å²) in [6.45, 7) is 3.92. The van der Waals surface area contributed by atoms with E-state index in [0.717, 1.165) is 15.3 Å². The molecule has 1 aromatic heterocycles. The van der Waals surface area contributed by atoms with Crippen molar-refractivity contribution in [3.63, 3.8) is 0 Å². The van der Waals surface area contributed by atoms with Crippen LogP contribution in [0.2, 0.25) is 0 Å². The van der Waals surface area contributed by atoms with Gasteiger partial charge in [-0.3, -0.25) is 0 Å². The number of halogens is 1. The van der Waals surface area contributed by atoms with Crippen molar-refractivity contribution in [2.75, 3.05) is 7.11 Å². The molecule has 0 fully saturated rings. The van der Waals surface area contributed by atoms with Crippen molar-refractivity contribution in [3.8, 4) is 11.1 Å². The fourth-order valence-electron chi connectivity index (χ4n) is 1.91. The van der Waals surface area contributed by atoms with E-state index in [1.165, 1.54) is 13.2 Å². The molecule has 0 bridgehead atoms. The molecule has 0 N–H and O–H groups in total. The highest BCUT2D eigenvalue weighted by Crippen LogP contribution is 2.33. The molecule has 1 aromatic carbocycles. The lowest BCUT2D eigenvalue weighted by Crippen LogP contribution is -2.05. The van der Waals surface area contributed by atoms with Crippen LogP contribution in [0.25, 0.3) is 11.1 Å². The van der Waals surface area contributed by atoms with E-state index in [1.807, 2.05) is 19.9 Å². The molecule has 0 aliphatic rings. The Kier molecular flexibility index (Phi) is 3.48. The third-order valence-corrected chi connectivity index (χ3v) is 3.70. The standard InChI is InChI=1S/C14H13FO2S/c1-8-7-12(9(2)18-8)10-5-4-6-11(13(10)15)14(16)17-3/h4-7H,1-3H3. The van der Waals surface area contributed by atoms with E-state index in [0.29, 0.717) is 5.56 Å². The van der Waals surface area contributed by atoms with Gasteiger partial charge in [-0.25, -0.2) is 9.18 Å². The summed E-state index contributed by atoms with van der Waals surface area (Å²) in [5, 5.41) is 0. The number of benzene rings is 1. The van der Waals surface area contributed by atoms with Crippen LogP contribution in [0.5, 0.6) is 0 Å². The molecule has 94 valence electrons. The maximum absolute atomic E-state index is 14.3. The largest absolute Gasteiger partial charge is 0.465 e. The van der Waals surface area contributed by atoms with Crippen LogP contribution in [0.4, 0.5) is 4.39 Å². The first kappa shape index (κ1) is 12.8. The van der Waals surface area contributed by atoms with E-state index < -0.39 is 11.8 Å². The monoisotopic (exact) mass is 264 g/mol. The van der Waals surface area contributed by atoms with Gasteiger partial charge in [0.2, 0.25) is 0 Å². The third-order valence-electron chi connectivity index (χ3n) is 2.74. The van der Waals surface area contributed by atoms with Crippen molar-refractivity contribution < 1.29 is 13.9 Å². The molecule has 0 saturated carbocycles. The lowest BCUT2D eigenvalue weighted by Gasteiger charge is -2.06. The number of hydrogen-bond donors (Lipinski definition) is 0. The summed E-state index contributed by atoms with van der Waals surface area (Å²) in [7, 11) is 1.24. The molecule has 0 spiro atoms. The maximum atomic E-state index is 14.3. The predicted molar refractivity (Wildman–Crippen MR) is 70.5 cm³/mol. The molecule has 0 amide bonds. The first-order valence-corrected chi connectivity index (χ1v) is 6.30. The zero-order valence-electron chi connectivity index (χ0n) is 10.4. The van der Waals surface area contributed by atoms with Gasteiger partial charge in [0.15, 0.2) is 0 Å². The minimum absolute atomic E-state index is 0.0294. The van der Waals surface area contributed by atoms with E-state index in [-0.39, 0.29) is 5.56 Å². The molecule has 0 aliphatic carbocycles. The molecule has 0 aliphatic heterocycles. The Hall–Kier alpha value is -1.68. The highest BCUT2D eigenvalue weighted by molar-refractivity contribution is 7.12. The first-order valence-electron chi connectivity index (χ1n) is 5.49. The highest BCUT2D eigenvalue weighted by atomic mass is 32.1. The van der Waals surface area contributed by atoms with Gasteiger partial charge in [0.1, 0.15) is 5.82 Å². The lowest BCUT2D eigenvalue weighted by atomic mass is 10.0. The molecule has 2 nitrogen and oxygen atoms in total. The van der Waals surface area contributed by atoms with Crippen molar-refractivity contribution in [3.05, 3.63) is 45.4 Å². The molecule has 0 saturated heterocycles. The van der Waals surface area contributed by atoms with Crippen LogP contribution >= 0.6 is 11.3 Å². The van der Waals surface area contributed by atoms with Crippen LogP contribution in [0, 0.1) is 19.7 Å². The van der Waals surface area contributed by atoms with Crippen molar-refractivity contribution in [1.29, 1.82) is 0 Å². The molecular formula is C14H13FO2S. The van der Waals surface area contributed by atoms with E-state index in [9.17, 15) is 9.18 Å². The smallest absolute Gasteiger partial charge is 0.340 e. The van der Waals surface area contributed by atoms with Crippen LogP contribution in [0.3, 0.4) is 0 Å².